The lowest BCUT2D eigenvalue weighted by Gasteiger charge is -2.34. The maximum Gasteiger partial charge on any atom is 0.346 e. The summed E-state index contributed by atoms with van der Waals surface area (Å²) in [5, 5.41) is 11.6. The third kappa shape index (κ3) is 16.9. The van der Waals surface area contributed by atoms with E-state index in [9.17, 15) is 9.59 Å². The van der Waals surface area contributed by atoms with Crippen LogP contribution in [0.3, 0.4) is 0 Å². The monoisotopic (exact) mass is 1620 g/mol. The van der Waals surface area contributed by atoms with Gasteiger partial charge in [-0.05, 0) is 269 Å². The Morgan fingerprint density at radius 1 is 0.279 bits per heavy atom. The van der Waals surface area contributed by atoms with Crippen LogP contribution in [0, 0.1) is 21.7 Å². The van der Waals surface area contributed by atoms with Gasteiger partial charge in [0.15, 0.2) is 0 Å². The molecule has 15 rings (SSSR count). The Balaban J connectivity index is 1.09. The van der Waals surface area contributed by atoms with E-state index in [1.54, 1.807) is 12.1 Å². The molecular formula is C114H127NO7. The van der Waals surface area contributed by atoms with Gasteiger partial charge in [0.1, 0.15) is 46.0 Å². The van der Waals surface area contributed by atoms with Gasteiger partial charge in [-0.25, -0.2) is 9.59 Å². The fourth-order valence-electron chi connectivity index (χ4n) is 21.8. The Morgan fingerprint density at radius 3 is 0.828 bits per heavy atom. The van der Waals surface area contributed by atoms with Gasteiger partial charge in [-0.2, -0.15) is 0 Å². The topological polar surface area (TPSA) is 83.5 Å². The summed E-state index contributed by atoms with van der Waals surface area (Å²) in [6, 6.07) is 71.8. The van der Waals surface area contributed by atoms with Crippen LogP contribution in [0.1, 0.15) is 273 Å². The molecule has 0 unspecified atom stereocenters. The predicted molar refractivity (Wildman–Crippen MR) is 515 cm³/mol. The molecule has 14 aromatic rings. The van der Waals surface area contributed by atoms with Crippen LogP contribution < -0.4 is 23.8 Å². The van der Waals surface area contributed by atoms with Crippen LogP contribution in [0.5, 0.6) is 46.0 Å². The summed E-state index contributed by atoms with van der Waals surface area (Å²) in [5.74, 6) is 3.13. The van der Waals surface area contributed by atoms with E-state index in [0.717, 1.165) is 121 Å². The van der Waals surface area contributed by atoms with Gasteiger partial charge >= 0.3 is 11.9 Å². The fourth-order valence-corrected chi connectivity index (χ4v) is 21.8. The Hall–Kier alpha value is -11.0. The number of fused-ring (bicyclic) bond motifs is 4. The zero-order chi connectivity index (χ0) is 88.1. The Kier molecular flexibility index (Phi) is 21.5. The maximum absolute atomic E-state index is 14.8. The SMILES string of the molecule is C=C(C)CC(C)(C)c1ccc(Oc2ccc3c(N(c4ccc(C(C)(C)CC(=C)C)cc4)c4ccc(C(C)(C)CC(C)(C)C)cc4)cc(Oc4ccc(C(C)(C)CC(C)(C)C)cc4)c4c5ccc6c7c(Oc8ccc(C(C)(C)CC(C)(C)C)cc8)cc8c9c(cc(Oc%10ccc(C(C)(C)CC(C)(C)C)cc%10)c(c%10ccc(c2c34)c5c%106)c97)C(=O)OC8=O)cc1. The van der Waals surface area contributed by atoms with Crippen LogP contribution in [0.15, 0.2) is 224 Å². The highest BCUT2D eigenvalue weighted by molar-refractivity contribution is 6.46. The molecule has 8 heteroatoms. The molecule has 0 fully saturated rings. The van der Waals surface area contributed by atoms with E-state index in [4.69, 9.17) is 23.7 Å². The van der Waals surface area contributed by atoms with Crippen molar-refractivity contribution in [2.75, 3.05) is 4.90 Å². The molecule has 0 saturated carbocycles. The first-order valence-corrected chi connectivity index (χ1v) is 44.0. The van der Waals surface area contributed by atoms with Crippen molar-refractivity contribution in [3.8, 4) is 46.0 Å². The lowest BCUT2D eigenvalue weighted by molar-refractivity contribution is 0.0390. The number of allylic oxidation sites excluding steroid dienone is 2. The molecule has 0 bridgehead atoms. The van der Waals surface area contributed by atoms with Crippen molar-refractivity contribution in [2.45, 2.75) is 251 Å². The molecule has 0 N–H and O–H groups in total. The zero-order valence-electron chi connectivity index (χ0n) is 77.5. The number of esters is 2. The molecular weight excluding hydrogens is 1500 g/mol. The highest BCUT2D eigenvalue weighted by Gasteiger charge is 2.39. The molecule has 1 heterocycles. The summed E-state index contributed by atoms with van der Waals surface area (Å²) >= 11 is 0. The van der Waals surface area contributed by atoms with Gasteiger partial charge in [0, 0.05) is 60.5 Å². The van der Waals surface area contributed by atoms with Gasteiger partial charge in [-0.15, -0.1) is 13.2 Å². The van der Waals surface area contributed by atoms with Gasteiger partial charge in [0.05, 0.1) is 16.8 Å². The second kappa shape index (κ2) is 30.5. The molecule has 630 valence electrons. The molecule has 0 aromatic heterocycles. The summed E-state index contributed by atoms with van der Waals surface area (Å²) in [5.41, 5.74) is 12.2. The summed E-state index contributed by atoms with van der Waals surface area (Å²) in [6.45, 7) is 68.3. The first kappa shape index (κ1) is 86.0. The minimum atomic E-state index is -0.755. The first-order valence-electron chi connectivity index (χ1n) is 44.0. The number of anilines is 3. The highest BCUT2D eigenvalue weighted by Crippen LogP contribution is 2.59. The Labute approximate surface area is 725 Å². The Morgan fingerprint density at radius 2 is 0.533 bits per heavy atom. The second-order valence-electron chi connectivity index (χ2n) is 44.7. The van der Waals surface area contributed by atoms with Crippen molar-refractivity contribution < 1.29 is 33.3 Å². The van der Waals surface area contributed by atoms with Crippen molar-refractivity contribution in [3.63, 3.8) is 0 Å². The summed E-state index contributed by atoms with van der Waals surface area (Å²) in [4.78, 5) is 32.0. The molecule has 14 aromatic carbocycles. The van der Waals surface area contributed by atoms with Crippen LogP contribution in [0.2, 0.25) is 0 Å². The van der Waals surface area contributed by atoms with Crippen molar-refractivity contribution in [3.05, 3.63) is 269 Å². The Bertz CT molecular complexity index is 6260. The molecule has 0 radical (unpaired) electrons. The average Bonchev–Trinajstić information content (AvgIpc) is 0.673. The molecule has 0 spiro atoms. The van der Waals surface area contributed by atoms with Gasteiger partial charge in [-0.1, -0.05) is 274 Å². The van der Waals surface area contributed by atoms with Crippen LogP contribution in [0.4, 0.5) is 17.1 Å². The van der Waals surface area contributed by atoms with Crippen molar-refractivity contribution >= 4 is 104 Å². The number of ether oxygens (including phenoxy) is 5. The summed E-state index contributed by atoms with van der Waals surface area (Å²) in [7, 11) is 0. The number of carbonyl (C=O) groups is 2. The van der Waals surface area contributed by atoms with Crippen molar-refractivity contribution in [1.82, 2.24) is 0 Å². The third-order valence-electron chi connectivity index (χ3n) is 25.3. The zero-order valence-corrected chi connectivity index (χ0v) is 77.5. The van der Waals surface area contributed by atoms with E-state index in [1.807, 2.05) is 24.3 Å². The highest BCUT2D eigenvalue weighted by atomic mass is 16.6. The number of hydrogen-bond donors (Lipinski definition) is 0. The molecule has 122 heavy (non-hydrogen) atoms. The quantitative estimate of drug-likeness (QED) is 0.0184. The van der Waals surface area contributed by atoms with Gasteiger partial charge in [0.25, 0.3) is 0 Å². The summed E-state index contributed by atoms with van der Waals surface area (Å²) < 4.78 is 36.0. The fraction of sp³-hybridized carbons (Fsp3) is 0.368. The number of carbonyl (C=O) groups excluding carboxylic acids is 2. The number of rotatable bonds is 25. The lowest BCUT2D eigenvalue weighted by atomic mass is 9.72. The third-order valence-corrected chi connectivity index (χ3v) is 25.3. The number of nitrogens with zero attached hydrogens (tertiary/aromatic N) is 1. The average molecular weight is 1620 g/mol. The van der Waals surface area contributed by atoms with Crippen LogP contribution >= 0.6 is 0 Å². The van der Waals surface area contributed by atoms with Crippen molar-refractivity contribution in [2.24, 2.45) is 21.7 Å². The van der Waals surface area contributed by atoms with E-state index in [0.29, 0.717) is 67.5 Å². The summed E-state index contributed by atoms with van der Waals surface area (Å²) in [6.07, 6.45) is 5.57. The van der Waals surface area contributed by atoms with Crippen molar-refractivity contribution in [1.29, 1.82) is 0 Å². The van der Waals surface area contributed by atoms with Gasteiger partial charge in [0.2, 0.25) is 0 Å². The van der Waals surface area contributed by atoms with Gasteiger partial charge in [-0.3, -0.25) is 0 Å². The van der Waals surface area contributed by atoms with Crippen LogP contribution in [0.25, 0.3) is 75.4 Å². The largest absolute Gasteiger partial charge is 0.457 e. The normalized spacial score (nSPS) is 13.7. The predicted octanol–water partition coefficient (Wildman–Crippen LogP) is 33.9. The number of hydrogen-bond acceptors (Lipinski definition) is 8. The number of benzene rings is 14. The molecule has 0 saturated heterocycles. The van der Waals surface area contributed by atoms with Gasteiger partial charge < -0.3 is 28.6 Å². The van der Waals surface area contributed by atoms with E-state index in [-0.39, 0.29) is 65.3 Å². The van der Waals surface area contributed by atoms with E-state index < -0.39 is 11.9 Å². The molecule has 0 amide bonds. The van der Waals surface area contributed by atoms with E-state index in [1.165, 1.54) is 33.4 Å². The smallest absolute Gasteiger partial charge is 0.346 e. The lowest BCUT2D eigenvalue weighted by Crippen LogP contribution is -2.24. The molecule has 1 aliphatic heterocycles. The standard InChI is InChI=1S/C114H127NO7/c1-68(2)62-109(17,18)70-29-41-76(42-30-70)115(77-43-31-72(32-44-77)111(21,22)64-105(5,6)7)89-61-93(121-81-51-39-75(40-52-81)114(27,28)67-108(14,15)16)98-84-54-56-86-95-85(55-53-83(94(84)95)97-90(58-57-82(89)101(97)98)118-78-45-33-71(34-46-78)110(19,20)63-69(3)4)99-91(119-79-47-35-73(36-48-79)112(23,24)65-106(8,9)10)59-87-96-88(104(117)122-103(87)116)60-92(100(86)102(96)99)120-80-49-37-74(38-50-80)113(25,26)66-107(11,12)13/h29-61H,1,3,62-67H2,2,4-28H3. The van der Waals surface area contributed by atoms with E-state index in [2.05, 4.69) is 362 Å². The second-order valence-corrected chi connectivity index (χ2v) is 44.7. The minimum absolute atomic E-state index is 0.0756. The van der Waals surface area contributed by atoms with Crippen LogP contribution in [-0.4, -0.2) is 11.9 Å². The van der Waals surface area contributed by atoms with Crippen LogP contribution in [-0.2, 0) is 37.2 Å². The number of cyclic esters (lactones) is 2. The molecule has 1 aliphatic rings. The molecule has 0 atom stereocenters. The van der Waals surface area contributed by atoms with E-state index >= 15 is 0 Å². The minimum Gasteiger partial charge on any atom is -0.457 e. The molecule has 8 nitrogen and oxygen atoms in total. The molecule has 0 aliphatic carbocycles. The first-order chi connectivity index (χ1) is 56.8. The maximum atomic E-state index is 14.8.